The van der Waals surface area contributed by atoms with Crippen molar-refractivity contribution in [2.75, 3.05) is 6.79 Å². The van der Waals surface area contributed by atoms with Gasteiger partial charge in [-0.1, -0.05) is 27.5 Å². The number of ether oxygens (including phenoxy) is 2. The normalized spacial score (nSPS) is 15.8. The Morgan fingerprint density at radius 2 is 1.85 bits per heavy atom. The molecule has 0 spiro atoms. The third-order valence-corrected chi connectivity index (χ3v) is 5.97. The van der Waals surface area contributed by atoms with E-state index in [2.05, 4.69) is 15.9 Å². The summed E-state index contributed by atoms with van der Waals surface area (Å²) in [5.41, 5.74) is 0.428. The summed E-state index contributed by atoms with van der Waals surface area (Å²) < 4.78 is 50.0. The smallest absolute Gasteiger partial charge is 0.391 e. The molecule has 0 unspecified atom stereocenters. The minimum Gasteiger partial charge on any atom is -0.454 e. The predicted molar refractivity (Wildman–Crippen MR) is 97.0 cm³/mol. The van der Waals surface area contributed by atoms with Gasteiger partial charge in [-0.25, -0.2) is 0 Å². The maximum absolute atomic E-state index is 12.9. The highest BCUT2D eigenvalue weighted by atomic mass is 79.9. The van der Waals surface area contributed by atoms with Gasteiger partial charge in [0.05, 0.1) is 17.8 Å². The Labute approximate surface area is 165 Å². The highest BCUT2D eigenvalue weighted by Crippen LogP contribution is 2.51. The molecule has 26 heavy (non-hydrogen) atoms. The molecule has 3 nitrogen and oxygen atoms in total. The maximum Gasteiger partial charge on any atom is 0.391 e. The predicted octanol–water partition coefficient (Wildman–Crippen LogP) is 5.98. The molecule has 0 saturated heterocycles. The monoisotopic (exact) mass is 468 g/mol. The molecule has 9 heteroatoms. The zero-order valence-corrected chi connectivity index (χ0v) is 16.3. The third kappa shape index (κ3) is 4.60. The van der Waals surface area contributed by atoms with Crippen LogP contribution in [-0.2, 0) is 0 Å². The van der Waals surface area contributed by atoms with Crippen LogP contribution in [0.1, 0.15) is 17.2 Å². The molecule has 3 rings (SSSR count). The average molecular weight is 470 g/mol. The fourth-order valence-corrected chi connectivity index (χ4v) is 4.60. The van der Waals surface area contributed by atoms with Gasteiger partial charge in [-0.3, -0.25) is 0 Å². The van der Waals surface area contributed by atoms with Gasteiger partial charge in [-0.2, -0.15) is 13.2 Å². The van der Waals surface area contributed by atoms with Crippen molar-refractivity contribution in [1.82, 2.24) is 0 Å². The highest BCUT2D eigenvalue weighted by molar-refractivity contribution is 9.10. The van der Waals surface area contributed by atoms with E-state index in [1.54, 1.807) is 36.4 Å². The number of benzene rings is 2. The molecule has 0 aliphatic carbocycles. The minimum absolute atomic E-state index is 0.0213. The van der Waals surface area contributed by atoms with E-state index < -0.39 is 24.0 Å². The first-order valence-corrected chi connectivity index (χ1v) is 9.55. The molecule has 0 aromatic heterocycles. The van der Waals surface area contributed by atoms with Crippen LogP contribution in [0.15, 0.2) is 45.8 Å². The van der Waals surface area contributed by atoms with Gasteiger partial charge < -0.3 is 14.6 Å². The highest BCUT2D eigenvalue weighted by Gasteiger charge is 2.38. The fourth-order valence-electron chi connectivity index (χ4n) is 2.57. The lowest BCUT2D eigenvalue weighted by atomic mass is 10.0. The summed E-state index contributed by atoms with van der Waals surface area (Å²) in [6.07, 6.45) is -7.52. The Kier molecular flexibility index (Phi) is 5.96. The second kappa shape index (κ2) is 7.88. The lowest BCUT2D eigenvalue weighted by Gasteiger charge is -2.26. The van der Waals surface area contributed by atoms with Crippen molar-refractivity contribution in [3.05, 3.63) is 51.5 Å². The van der Waals surface area contributed by atoms with Gasteiger partial charge in [0.15, 0.2) is 11.5 Å². The van der Waals surface area contributed by atoms with Crippen LogP contribution in [0.2, 0.25) is 5.02 Å². The summed E-state index contributed by atoms with van der Waals surface area (Å²) in [5.74, 6) is 0.774. The van der Waals surface area contributed by atoms with Crippen molar-refractivity contribution in [3.63, 3.8) is 0 Å². The number of halogens is 5. The Morgan fingerprint density at radius 1 is 1.15 bits per heavy atom. The van der Waals surface area contributed by atoms with Crippen molar-refractivity contribution in [3.8, 4) is 11.5 Å². The van der Waals surface area contributed by atoms with E-state index in [9.17, 15) is 18.3 Å². The van der Waals surface area contributed by atoms with E-state index >= 15 is 0 Å². The van der Waals surface area contributed by atoms with Gasteiger partial charge in [0, 0.05) is 20.0 Å². The molecule has 140 valence electrons. The molecule has 1 heterocycles. The molecule has 1 N–H and O–H groups in total. The third-order valence-electron chi connectivity index (χ3n) is 3.68. The second-order valence-corrected chi connectivity index (χ2v) is 8.08. The van der Waals surface area contributed by atoms with Crippen molar-refractivity contribution < 1.29 is 27.8 Å². The minimum atomic E-state index is -4.50. The first-order valence-electron chi connectivity index (χ1n) is 7.49. The first-order chi connectivity index (χ1) is 12.2. The molecule has 0 radical (unpaired) electrons. The molecule has 1 aliphatic heterocycles. The SMILES string of the molecule is O[C@H](CC(F)(F)F)[C@@H](Sc1ccc(Cl)cc1)c1c(Br)ccc2c1OCO2. The van der Waals surface area contributed by atoms with Gasteiger partial charge in [-0.05, 0) is 36.4 Å². The number of thioether (sulfide) groups is 1. The van der Waals surface area contributed by atoms with Gasteiger partial charge in [0.2, 0.25) is 6.79 Å². The largest absolute Gasteiger partial charge is 0.454 e. The van der Waals surface area contributed by atoms with Crippen LogP contribution in [0.25, 0.3) is 0 Å². The van der Waals surface area contributed by atoms with Gasteiger partial charge in [-0.15, -0.1) is 11.8 Å². The summed E-state index contributed by atoms with van der Waals surface area (Å²) in [6.45, 7) is -0.0213. The fraction of sp³-hybridized carbons (Fsp3) is 0.294. The Bertz CT molecular complexity index is 786. The molecule has 2 atom stereocenters. The molecule has 2 aromatic rings. The molecule has 0 amide bonds. The van der Waals surface area contributed by atoms with E-state index in [-0.39, 0.29) is 6.79 Å². The molecule has 0 saturated carbocycles. The molecule has 0 fully saturated rings. The molecule has 1 aliphatic rings. The van der Waals surface area contributed by atoms with Crippen molar-refractivity contribution in [1.29, 1.82) is 0 Å². The van der Waals surface area contributed by atoms with E-state index in [1.165, 1.54) is 0 Å². The first kappa shape index (κ1) is 19.7. The number of hydrogen-bond acceptors (Lipinski definition) is 4. The number of aliphatic hydroxyl groups excluding tert-OH is 1. The number of hydrogen-bond donors (Lipinski definition) is 1. The van der Waals surface area contributed by atoms with Crippen LogP contribution in [0.3, 0.4) is 0 Å². The van der Waals surface area contributed by atoms with Gasteiger partial charge in [0.1, 0.15) is 0 Å². The summed E-state index contributed by atoms with van der Waals surface area (Å²) in [6, 6.07) is 9.99. The quantitative estimate of drug-likeness (QED) is 0.547. The van der Waals surface area contributed by atoms with E-state index in [0.29, 0.717) is 31.5 Å². The summed E-state index contributed by atoms with van der Waals surface area (Å²) in [5, 5.41) is 9.97. The van der Waals surface area contributed by atoms with E-state index in [4.69, 9.17) is 21.1 Å². The second-order valence-electron chi connectivity index (χ2n) is 5.57. The molecule has 0 bridgehead atoms. The zero-order valence-electron chi connectivity index (χ0n) is 13.1. The van der Waals surface area contributed by atoms with Gasteiger partial charge >= 0.3 is 6.18 Å². The lowest BCUT2D eigenvalue weighted by Crippen LogP contribution is -2.24. The summed E-state index contributed by atoms with van der Waals surface area (Å²) in [7, 11) is 0. The van der Waals surface area contributed by atoms with Crippen molar-refractivity contribution in [2.24, 2.45) is 0 Å². The Balaban J connectivity index is 2.00. The van der Waals surface area contributed by atoms with E-state index in [1.807, 2.05) is 0 Å². The molecular formula is C17H13BrClF3O3S. The van der Waals surface area contributed by atoms with Crippen LogP contribution in [-0.4, -0.2) is 24.2 Å². The summed E-state index contributed by atoms with van der Waals surface area (Å²) in [4.78, 5) is 0.670. The van der Waals surface area contributed by atoms with Gasteiger partial charge in [0.25, 0.3) is 0 Å². The zero-order chi connectivity index (χ0) is 18.9. The average Bonchev–Trinajstić information content (AvgIpc) is 3.02. The maximum atomic E-state index is 12.9. The van der Waals surface area contributed by atoms with Crippen LogP contribution < -0.4 is 9.47 Å². The van der Waals surface area contributed by atoms with Crippen molar-refractivity contribution >= 4 is 39.3 Å². The summed E-state index contributed by atoms with van der Waals surface area (Å²) >= 11 is 10.3. The standard InChI is InChI=1S/C17H13BrClF3O3S/c18-11-5-6-13-15(25-8-24-13)14(11)16(12(23)7-17(20,21)22)26-10-3-1-9(19)2-4-10/h1-6,12,16,23H,7-8H2/t12-,16-/m1/s1. The topological polar surface area (TPSA) is 38.7 Å². The van der Waals surface area contributed by atoms with E-state index in [0.717, 1.165) is 11.8 Å². The number of fused-ring (bicyclic) bond motifs is 1. The van der Waals surface area contributed by atoms with Crippen molar-refractivity contribution in [2.45, 2.75) is 28.8 Å². The van der Waals surface area contributed by atoms with Crippen LogP contribution in [0.4, 0.5) is 13.2 Å². The Hall–Kier alpha value is -1.09. The van der Waals surface area contributed by atoms with Crippen LogP contribution in [0, 0.1) is 0 Å². The number of aliphatic hydroxyl groups is 1. The number of rotatable bonds is 5. The van der Waals surface area contributed by atoms with Crippen LogP contribution in [0.5, 0.6) is 11.5 Å². The molecular weight excluding hydrogens is 457 g/mol. The molecule has 2 aromatic carbocycles. The van der Waals surface area contributed by atoms with Crippen LogP contribution >= 0.6 is 39.3 Å². The Morgan fingerprint density at radius 3 is 2.50 bits per heavy atom. The number of alkyl halides is 3. The lowest BCUT2D eigenvalue weighted by molar-refractivity contribution is -0.153.